The second-order valence-electron chi connectivity index (χ2n) is 13.2. The standard InChI is InChI=1S/C42H44F5N3O2/c1-2-3-5-8-31-11-13-34(14-12-31)30-50(40(51)22-18-32-15-19-36(20-16-32)42(45,46)47)39(28-35-17-21-37(43)38(44)27-35)41(52)49-25-23-48(24-26-49)29-33-9-6-4-7-10-33/h4,6-7,9-22,27,39H,2-3,5,8,23-26,28-30H2,1H3/t39-/m0/s1. The van der Waals surface area contributed by atoms with Gasteiger partial charge in [0, 0.05) is 51.8 Å². The van der Waals surface area contributed by atoms with Gasteiger partial charge in [0.2, 0.25) is 11.8 Å². The first-order valence-electron chi connectivity index (χ1n) is 17.7. The summed E-state index contributed by atoms with van der Waals surface area (Å²) in [5.74, 6) is -2.95. The Kier molecular flexibility index (Phi) is 13.4. The molecule has 1 atom stereocenters. The molecular formula is C42H44F5N3O2. The lowest BCUT2D eigenvalue weighted by Gasteiger charge is -2.39. The fourth-order valence-corrected chi connectivity index (χ4v) is 6.37. The van der Waals surface area contributed by atoms with Crippen LogP contribution in [0.5, 0.6) is 0 Å². The first-order valence-corrected chi connectivity index (χ1v) is 17.7. The van der Waals surface area contributed by atoms with Crippen molar-refractivity contribution in [2.75, 3.05) is 26.2 Å². The van der Waals surface area contributed by atoms with Gasteiger partial charge in [0.05, 0.1) is 5.56 Å². The third-order valence-corrected chi connectivity index (χ3v) is 9.39. The lowest BCUT2D eigenvalue weighted by Crippen LogP contribution is -2.56. The van der Waals surface area contributed by atoms with Crippen molar-refractivity contribution in [3.05, 3.63) is 148 Å². The van der Waals surface area contributed by atoms with E-state index >= 15 is 0 Å². The molecule has 5 nitrogen and oxygen atoms in total. The van der Waals surface area contributed by atoms with Gasteiger partial charge in [0.1, 0.15) is 6.04 Å². The molecule has 1 fully saturated rings. The van der Waals surface area contributed by atoms with Crippen LogP contribution in [0.15, 0.2) is 103 Å². The summed E-state index contributed by atoms with van der Waals surface area (Å²) in [5, 5.41) is 0. The molecule has 0 spiro atoms. The SMILES string of the molecule is CCCCCc1ccc(CN(C(=O)C=Cc2ccc(C(F)(F)F)cc2)[C@@H](Cc2ccc(F)c(F)c2)C(=O)N2CCN(Cc3ccccc3)CC2)cc1. The average Bonchev–Trinajstić information content (AvgIpc) is 3.14. The van der Waals surface area contributed by atoms with Crippen LogP contribution in [-0.4, -0.2) is 58.7 Å². The molecule has 1 saturated heterocycles. The van der Waals surface area contributed by atoms with Crippen LogP contribution < -0.4 is 0 Å². The molecule has 10 heteroatoms. The van der Waals surface area contributed by atoms with Crippen molar-refractivity contribution in [2.45, 2.75) is 64.3 Å². The average molecular weight is 718 g/mol. The Hall–Kier alpha value is -4.83. The fraction of sp³-hybridized carbons (Fsp3) is 0.333. The highest BCUT2D eigenvalue weighted by atomic mass is 19.4. The maximum absolute atomic E-state index is 14.5. The normalized spacial score (nSPS) is 14.5. The largest absolute Gasteiger partial charge is 0.416 e. The Morgan fingerprint density at radius 3 is 2.06 bits per heavy atom. The second kappa shape index (κ2) is 18.1. The van der Waals surface area contributed by atoms with Crippen LogP contribution in [0.25, 0.3) is 6.08 Å². The summed E-state index contributed by atoms with van der Waals surface area (Å²) in [7, 11) is 0. The molecule has 1 heterocycles. The smallest absolute Gasteiger partial charge is 0.338 e. The van der Waals surface area contributed by atoms with Crippen LogP contribution in [-0.2, 0) is 41.7 Å². The zero-order valence-electron chi connectivity index (χ0n) is 29.3. The predicted octanol–water partition coefficient (Wildman–Crippen LogP) is 8.71. The highest BCUT2D eigenvalue weighted by Crippen LogP contribution is 2.29. The third kappa shape index (κ3) is 10.8. The maximum atomic E-state index is 14.5. The fourth-order valence-electron chi connectivity index (χ4n) is 6.37. The number of rotatable bonds is 14. The van der Waals surface area contributed by atoms with Crippen LogP contribution in [0.1, 0.15) is 59.6 Å². The van der Waals surface area contributed by atoms with Gasteiger partial charge in [-0.1, -0.05) is 92.6 Å². The van der Waals surface area contributed by atoms with Crippen molar-refractivity contribution in [1.82, 2.24) is 14.7 Å². The first kappa shape index (κ1) is 38.4. The molecule has 0 aliphatic carbocycles. The summed E-state index contributed by atoms with van der Waals surface area (Å²) < 4.78 is 67.8. The van der Waals surface area contributed by atoms with Gasteiger partial charge in [-0.25, -0.2) is 8.78 Å². The molecule has 1 aliphatic heterocycles. The molecule has 1 aliphatic rings. The van der Waals surface area contributed by atoms with Crippen LogP contribution >= 0.6 is 0 Å². The number of carbonyl (C=O) groups excluding carboxylic acids is 2. The number of hydrogen-bond donors (Lipinski definition) is 0. The van der Waals surface area contributed by atoms with Gasteiger partial charge < -0.3 is 9.80 Å². The third-order valence-electron chi connectivity index (χ3n) is 9.39. The zero-order chi connectivity index (χ0) is 37.1. The van der Waals surface area contributed by atoms with Crippen molar-refractivity contribution >= 4 is 17.9 Å². The van der Waals surface area contributed by atoms with E-state index in [1.54, 1.807) is 4.90 Å². The van der Waals surface area contributed by atoms with Crippen molar-refractivity contribution in [2.24, 2.45) is 0 Å². The number of amides is 2. The van der Waals surface area contributed by atoms with E-state index in [0.29, 0.717) is 37.3 Å². The minimum atomic E-state index is -4.50. The molecule has 0 saturated carbocycles. The molecule has 4 aromatic rings. The van der Waals surface area contributed by atoms with E-state index in [4.69, 9.17) is 0 Å². The maximum Gasteiger partial charge on any atom is 0.416 e. The Morgan fingerprint density at radius 2 is 1.42 bits per heavy atom. The summed E-state index contributed by atoms with van der Waals surface area (Å²) in [5.41, 5.74) is 2.99. The minimum Gasteiger partial charge on any atom is -0.338 e. The number of piperazine rings is 1. The number of carbonyl (C=O) groups is 2. The number of aryl methyl sites for hydroxylation is 1. The van der Waals surface area contributed by atoms with Gasteiger partial charge in [-0.15, -0.1) is 0 Å². The number of halogens is 5. The Bertz CT molecular complexity index is 1790. The first-order chi connectivity index (χ1) is 25.0. The summed E-state index contributed by atoms with van der Waals surface area (Å²) >= 11 is 0. The molecule has 274 valence electrons. The second-order valence-corrected chi connectivity index (χ2v) is 13.2. The Balaban J connectivity index is 1.43. The van der Waals surface area contributed by atoms with Crippen LogP contribution in [0.4, 0.5) is 22.0 Å². The van der Waals surface area contributed by atoms with Gasteiger partial charge in [-0.05, 0) is 71.0 Å². The molecule has 2 amide bonds. The summed E-state index contributed by atoms with van der Waals surface area (Å²) in [6.07, 6.45) is 2.27. The quantitative estimate of drug-likeness (QED) is 0.0745. The molecule has 0 unspecified atom stereocenters. The van der Waals surface area contributed by atoms with Gasteiger partial charge in [-0.3, -0.25) is 14.5 Å². The summed E-state index contributed by atoms with van der Waals surface area (Å²) in [6, 6.07) is 24.7. The minimum absolute atomic E-state index is 0.0412. The van der Waals surface area contributed by atoms with Crippen molar-refractivity contribution in [3.63, 3.8) is 0 Å². The van der Waals surface area contributed by atoms with Crippen LogP contribution in [0.3, 0.4) is 0 Å². The Morgan fingerprint density at radius 1 is 0.769 bits per heavy atom. The van der Waals surface area contributed by atoms with Crippen LogP contribution in [0, 0.1) is 11.6 Å². The van der Waals surface area contributed by atoms with Crippen molar-refractivity contribution in [3.8, 4) is 0 Å². The van der Waals surface area contributed by atoms with E-state index < -0.39 is 35.3 Å². The molecular weight excluding hydrogens is 673 g/mol. The van der Waals surface area contributed by atoms with E-state index in [-0.39, 0.29) is 18.9 Å². The van der Waals surface area contributed by atoms with Gasteiger partial charge in [0.15, 0.2) is 11.6 Å². The number of unbranched alkanes of at least 4 members (excludes halogenated alkanes) is 2. The Labute approximate surface area is 302 Å². The van der Waals surface area contributed by atoms with Crippen LogP contribution in [0.2, 0.25) is 0 Å². The highest BCUT2D eigenvalue weighted by molar-refractivity contribution is 5.95. The lowest BCUT2D eigenvalue weighted by atomic mass is 10.0. The highest BCUT2D eigenvalue weighted by Gasteiger charge is 2.34. The van der Waals surface area contributed by atoms with Gasteiger partial charge >= 0.3 is 6.18 Å². The molecule has 5 rings (SSSR count). The molecule has 0 N–H and O–H groups in total. The van der Waals surface area contributed by atoms with E-state index in [9.17, 15) is 31.5 Å². The molecule has 0 bridgehead atoms. The molecule has 52 heavy (non-hydrogen) atoms. The number of hydrogen-bond acceptors (Lipinski definition) is 3. The summed E-state index contributed by atoms with van der Waals surface area (Å²) in [4.78, 5) is 34.0. The summed E-state index contributed by atoms with van der Waals surface area (Å²) in [6.45, 7) is 4.96. The van der Waals surface area contributed by atoms with E-state index in [0.717, 1.165) is 73.2 Å². The monoisotopic (exact) mass is 717 g/mol. The van der Waals surface area contributed by atoms with Gasteiger partial charge in [-0.2, -0.15) is 13.2 Å². The molecule has 4 aromatic carbocycles. The topological polar surface area (TPSA) is 43.9 Å². The molecule has 0 aromatic heterocycles. The zero-order valence-corrected chi connectivity index (χ0v) is 29.3. The number of benzene rings is 4. The van der Waals surface area contributed by atoms with E-state index in [1.165, 1.54) is 35.3 Å². The number of nitrogens with zero attached hydrogens (tertiary/aromatic N) is 3. The molecule has 0 radical (unpaired) electrons. The number of alkyl halides is 3. The predicted molar refractivity (Wildman–Crippen MR) is 193 cm³/mol. The van der Waals surface area contributed by atoms with Crippen molar-refractivity contribution < 1.29 is 31.5 Å². The van der Waals surface area contributed by atoms with Gasteiger partial charge in [0.25, 0.3) is 0 Å². The lowest BCUT2D eigenvalue weighted by molar-refractivity contribution is -0.145. The van der Waals surface area contributed by atoms with E-state index in [1.807, 2.05) is 42.5 Å². The van der Waals surface area contributed by atoms with Crippen molar-refractivity contribution in [1.29, 1.82) is 0 Å². The van der Waals surface area contributed by atoms with E-state index in [2.05, 4.69) is 24.0 Å².